The summed E-state index contributed by atoms with van der Waals surface area (Å²) in [4.78, 5) is 8.01. The first-order valence-corrected chi connectivity index (χ1v) is 6.39. The summed E-state index contributed by atoms with van der Waals surface area (Å²) in [5.41, 5.74) is 6.39. The molecule has 0 aliphatic rings. The molecule has 0 amide bonds. The highest BCUT2D eigenvalue weighted by atomic mass is 32.2. The lowest BCUT2D eigenvalue weighted by Crippen LogP contribution is -2.05. The Morgan fingerprint density at radius 1 is 1.50 bits per heavy atom. The molecule has 0 unspecified atom stereocenters. The van der Waals surface area contributed by atoms with E-state index in [1.54, 1.807) is 19.1 Å². The van der Waals surface area contributed by atoms with Crippen LogP contribution in [0.4, 0.5) is 10.1 Å². The third-order valence-corrected chi connectivity index (χ3v) is 2.84. The van der Waals surface area contributed by atoms with E-state index in [9.17, 15) is 4.39 Å². The van der Waals surface area contributed by atoms with Gasteiger partial charge in [0.1, 0.15) is 17.8 Å². The Morgan fingerprint density at radius 2 is 2.28 bits per heavy atom. The van der Waals surface area contributed by atoms with E-state index in [0.717, 1.165) is 0 Å². The monoisotopic (exact) mass is 265 g/mol. The zero-order valence-corrected chi connectivity index (χ0v) is 10.8. The molecule has 0 aliphatic heterocycles. The summed E-state index contributed by atoms with van der Waals surface area (Å²) in [6, 6.07) is 4.60. The number of nitrogens with two attached hydrogens (primary N) is 1. The number of hydrogen-bond donors (Lipinski definition) is 1. The molecule has 2 N–H and O–H groups in total. The number of amidine groups is 1. The summed E-state index contributed by atoms with van der Waals surface area (Å²) in [5.74, 6) is 0.201. The predicted molar refractivity (Wildman–Crippen MR) is 70.9 cm³/mol. The van der Waals surface area contributed by atoms with Crippen LogP contribution >= 0.6 is 11.8 Å². The van der Waals surface area contributed by atoms with Crippen LogP contribution in [0.15, 0.2) is 29.5 Å². The van der Waals surface area contributed by atoms with E-state index in [4.69, 9.17) is 5.73 Å². The summed E-state index contributed by atoms with van der Waals surface area (Å²) in [6.07, 6.45) is 3.19. The highest BCUT2D eigenvalue weighted by Crippen LogP contribution is 2.21. The van der Waals surface area contributed by atoms with E-state index < -0.39 is 5.82 Å². The molecule has 0 saturated heterocycles. The maximum atomic E-state index is 13.9. The van der Waals surface area contributed by atoms with Gasteiger partial charge in [-0.2, -0.15) is 5.10 Å². The van der Waals surface area contributed by atoms with E-state index in [-0.39, 0.29) is 0 Å². The molecule has 0 saturated carbocycles. The van der Waals surface area contributed by atoms with Gasteiger partial charge in [-0.15, -0.1) is 0 Å². The second kappa shape index (κ2) is 5.18. The Balaban J connectivity index is 2.40. The highest BCUT2D eigenvalue weighted by Gasteiger charge is 2.08. The number of aryl methyl sites for hydroxylation is 1. The van der Waals surface area contributed by atoms with Gasteiger partial charge in [0.2, 0.25) is 0 Å². The number of rotatable bonds is 2. The van der Waals surface area contributed by atoms with Crippen molar-refractivity contribution in [3.63, 3.8) is 0 Å². The van der Waals surface area contributed by atoms with Crippen molar-refractivity contribution >= 4 is 22.6 Å². The average molecular weight is 265 g/mol. The fourth-order valence-electron chi connectivity index (χ4n) is 1.45. The lowest BCUT2D eigenvalue weighted by atomic mass is 10.2. The third kappa shape index (κ3) is 2.51. The smallest absolute Gasteiger partial charge is 0.158 e. The quantitative estimate of drug-likeness (QED) is 0.666. The van der Waals surface area contributed by atoms with Gasteiger partial charge >= 0.3 is 0 Å². The summed E-state index contributed by atoms with van der Waals surface area (Å²) < 4.78 is 15.4. The summed E-state index contributed by atoms with van der Waals surface area (Å²) in [7, 11) is 0. The van der Waals surface area contributed by atoms with Crippen molar-refractivity contribution in [2.75, 3.05) is 6.26 Å². The van der Waals surface area contributed by atoms with Crippen molar-refractivity contribution < 1.29 is 4.39 Å². The number of aromatic nitrogens is 3. The normalized spacial score (nSPS) is 11.8. The minimum atomic E-state index is -0.418. The summed E-state index contributed by atoms with van der Waals surface area (Å²) in [6.45, 7) is 1.75. The van der Waals surface area contributed by atoms with Crippen LogP contribution in [0.25, 0.3) is 5.69 Å². The second-order valence-corrected chi connectivity index (χ2v) is 4.34. The van der Waals surface area contributed by atoms with E-state index in [1.807, 2.05) is 6.26 Å². The third-order valence-electron chi connectivity index (χ3n) is 2.33. The minimum absolute atomic E-state index is 0.340. The maximum absolute atomic E-state index is 13.9. The fourth-order valence-corrected chi connectivity index (χ4v) is 1.64. The Bertz CT molecular complexity index is 593. The number of aliphatic imine (C=N–C) groups is 1. The molecule has 5 nitrogen and oxygen atoms in total. The molecule has 94 valence electrons. The van der Waals surface area contributed by atoms with Gasteiger partial charge in [-0.1, -0.05) is 11.8 Å². The lowest BCUT2D eigenvalue weighted by molar-refractivity contribution is 0.608. The van der Waals surface area contributed by atoms with Crippen molar-refractivity contribution in [2.24, 2.45) is 10.7 Å². The molecule has 0 atom stereocenters. The largest absolute Gasteiger partial charge is 0.378 e. The van der Waals surface area contributed by atoms with Gasteiger partial charge in [0, 0.05) is 6.07 Å². The van der Waals surface area contributed by atoms with Gasteiger partial charge in [-0.05, 0) is 25.3 Å². The molecule has 0 spiro atoms. The first-order valence-electron chi connectivity index (χ1n) is 5.16. The molecular formula is C11H12FN5S. The van der Waals surface area contributed by atoms with E-state index >= 15 is 0 Å². The topological polar surface area (TPSA) is 69.1 Å². The van der Waals surface area contributed by atoms with Crippen molar-refractivity contribution in [3.8, 4) is 5.69 Å². The minimum Gasteiger partial charge on any atom is -0.378 e. The van der Waals surface area contributed by atoms with Gasteiger partial charge in [0.15, 0.2) is 11.0 Å². The zero-order chi connectivity index (χ0) is 13.1. The van der Waals surface area contributed by atoms with E-state index in [2.05, 4.69) is 15.1 Å². The standard InChI is InChI=1S/C11H12FN5S/c1-7-14-6-15-17(7)10-4-3-8(5-9(10)12)16-11(13)18-2/h3-6H,1-2H3,(H2,13,16). The first kappa shape index (κ1) is 12.6. The zero-order valence-electron chi connectivity index (χ0n) is 9.96. The number of hydrogen-bond acceptors (Lipinski definition) is 4. The maximum Gasteiger partial charge on any atom is 0.158 e. The molecule has 0 aliphatic carbocycles. The van der Waals surface area contributed by atoms with Crippen LogP contribution in [0.5, 0.6) is 0 Å². The highest BCUT2D eigenvalue weighted by molar-refractivity contribution is 8.13. The van der Waals surface area contributed by atoms with Crippen molar-refractivity contribution in [2.45, 2.75) is 6.92 Å². The van der Waals surface area contributed by atoms with Crippen LogP contribution in [-0.4, -0.2) is 26.2 Å². The van der Waals surface area contributed by atoms with E-state index in [0.29, 0.717) is 22.4 Å². The number of halogens is 1. The van der Waals surface area contributed by atoms with E-state index in [1.165, 1.54) is 28.8 Å². The van der Waals surface area contributed by atoms with Crippen LogP contribution in [0.3, 0.4) is 0 Å². The Hall–Kier alpha value is -1.89. The SMILES string of the molecule is CS/C(N)=N\c1ccc(-n2ncnc2C)c(F)c1. The van der Waals surface area contributed by atoms with Crippen LogP contribution in [0, 0.1) is 12.7 Å². The Kier molecular flexibility index (Phi) is 3.61. The fraction of sp³-hybridized carbons (Fsp3) is 0.182. The molecule has 2 aromatic rings. The molecule has 0 fully saturated rings. The van der Waals surface area contributed by atoms with Crippen molar-refractivity contribution in [1.29, 1.82) is 0 Å². The molecule has 1 heterocycles. The number of nitrogens with zero attached hydrogens (tertiary/aromatic N) is 4. The van der Waals surface area contributed by atoms with Gasteiger partial charge in [-0.25, -0.2) is 19.0 Å². The second-order valence-electron chi connectivity index (χ2n) is 3.51. The van der Waals surface area contributed by atoms with Crippen LogP contribution < -0.4 is 5.73 Å². The van der Waals surface area contributed by atoms with Gasteiger partial charge in [0.25, 0.3) is 0 Å². The summed E-state index contributed by atoms with van der Waals surface area (Å²) in [5, 5.41) is 4.34. The van der Waals surface area contributed by atoms with Gasteiger partial charge in [-0.3, -0.25) is 0 Å². The first-order chi connectivity index (χ1) is 8.61. The van der Waals surface area contributed by atoms with Gasteiger partial charge < -0.3 is 5.73 Å². The molecule has 18 heavy (non-hydrogen) atoms. The predicted octanol–water partition coefficient (Wildman–Crippen LogP) is 2.02. The average Bonchev–Trinajstić information content (AvgIpc) is 2.75. The van der Waals surface area contributed by atoms with Gasteiger partial charge in [0.05, 0.1) is 5.69 Å². The molecule has 2 rings (SSSR count). The van der Waals surface area contributed by atoms with Crippen LogP contribution in [0.1, 0.15) is 5.82 Å². The van der Waals surface area contributed by atoms with Crippen LogP contribution in [0.2, 0.25) is 0 Å². The molecule has 1 aromatic heterocycles. The molecule has 7 heteroatoms. The number of benzene rings is 1. The lowest BCUT2D eigenvalue weighted by Gasteiger charge is -2.05. The van der Waals surface area contributed by atoms with Crippen molar-refractivity contribution in [3.05, 3.63) is 36.2 Å². The molecular weight excluding hydrogens is 253 g/mol. The van der Waals surface area contributed by atoms with Crippen LogP contribution in [-0.2, 0) is 0 Å². The molecule has 0 bridgehead atoms. The Labute approximate surface area is 108 Å². The summed E-state index contributed by atoms with van der Waals surface area (Å²) >= 11 is 1.31. The number of thioether (sulfide) groups is 1. The molecule has 1 aromatic carbocycles. The Morgan fingerprint density at radius 3 is 2.83 bits per heavy atom. The van der Waals surface area contributed by atoms with Crippen molar-refractivity contribution in [1.82, 2.24) is 14.8 Å². The molecule has 0 radical (unpaired) electrons.